The molecule has 0 unspecified atom stereocenters. The zero-order valence-corrected chi connectivity index (χ0v) is 9.60. The Hall–Kier alpha value is -0.580. The Morgan fingerprint density at radius 3 is 2.86 bits per heavy atom. The Labute approximate surface area is 95.2 Å². The zero-order valence-electron chi connectivity index (χ0n) is 7.26. The molecule has 0 heterocycles. The molecule has 1 aromatic carbocycles. The van der Waals surface area contributed by atoms with Crippen LogP contribution in [0.4, 0.5) is 0 Å². The molecule has 0 saturated heterocycles. The van der Waals surface area contributed by atoms with Crippen LogP contribution in [0.2, 0.25) is 5.02 Å². The lowest BCUT2D eigenvalue weighted by molar-refractivity contribution is 0.0944. The number of rotatable bonds is 3. The summed E-state index contributed by atoms with van der Waals surface area (Å²) in [5.74, 6) is -0.234. The molecule has 0 aromatic heterocycles. The number of nitrogens with one attached hydrogen (secondary N) is 1. The first-order chi connectivity index (χ1) is 6.65. The van der Waals surface area contributed by atoms with Crippen LogP contribution in [-0.2, 0) is 0 Å². The number of aliphatic hydroxyl groups excluding tert-OH is 1. The van der Waals surface area contributed by atoms with Crippen molar-refractivity contribution in [3.8, 4) is 0 Å². The average molecular weight is 279 g/mol. The molecule has 0 radical (unpaired) electrons. The van der Waals surface area contributed by atoms with E-state index in [0.29, 0.717) is 15.1 Å². The van der Waals surface area contributed by atoms with E-state index in [4.69, 9.17) is 16.7 Å². The number of carbonyl (C=O) groups is 1. The van der Waals surface area contributed by atoms with Gasteiger partial charge >= 0.3 is 0 Å². The van der Waals surface area contributed by atoms with Gasteiger partial charge in [0, 0.05) is 16.0 Å². The summed E-state index contributed by atoms with van der Waals surface area (Å²) < 4.78 is 0.639. The topological polar surface area (TPSA) is 49.3 Å². The molecule has 0 fully saturated rings. The SMILES string of the molecule is O=C(NCCO)c1ccc(Cl)cc1Br. The molecule has 76 valence electrons. The number of hydrogen-bond donors (Lipinski definition) is 2. The van der Waals surface area contributed by atoms with E-state index in [1.54, 1.807) is 18.2 Å². The summed E-state index contributed by atoms with van der Waals surface area (Å²) in [4.78, 5) is 11.4. The van der Waals surface area contributed by atoms with Crippen molar-refractivity contribution in [1.29, 1.82) is 0 Å². The highest BCUT2D eigenvalue weighted by molar-refractivity contribution is 9.10. The standard InChI is InChI=1S/C9H9BrClNO2/c10-8-5-6(11)1-2-7(8)9(14)12-3-4-13/h1-2,5,13H,3-4H2,(H,12,14). The molecule has 3 nitrogen and oxygen atoms in total. The maximum Gasteiger partial charge on any atom is 0.252 e. The van der Waals surface area contributed by atoms with E-state index in [1.807, 2.05) is 0 Å². The van der Waals surface area contributed by atoms with Crippen molar-refractivity contribution in [2.45, 2.75) is 0 Å². The summed E-state index contributed by atoms with van der Waals surface area (Å²) >= 11 is 8.96. The fraction of sp³-hybridized carbons (Fsp3) is 0.222. The predicted octanol–water partition coefficient (Wildman–Crippen LogP) is 1.82. The summed E-state index contributed by atoms with van der Waals surface area (Å²) in [7, 11) is 0. The Morgan fingerprint density at radius 2 is 2.29 bits per heavy atom. The van der Waals surface area contributed by atoms with Gasteiger partial charge in [0.15, 0.2) is 0 Å². The largest absolute Gasteiger partial charge is 0.395 e. The maximum atomic E-state index is 11.4. The van der Waals surface area contributed by atoms with Crippen molar-refractivity contribution in [2.75, 3.05) is 13.2 Å². The molecule has 1 rings (SSSR count). The number of halogens is 2. The lowest BCUT2D eigenvalue weighted by atomic mass is 10.2. The fourth-order valence-corrected chi connectivity index (χ4v) is 1.80. The molecular weight excluding hydrogens is 269 g/mol. The third kappa shape index (κ3) is 2.97. The van der Waals surface area contributed by atoms with Gasteiger partial charge in [-0.2, -0.15) is 0 Å². The van der Waals surface area contributed by atoms with Crippen LogP contribution in [0.5, 0.6) is 0 Å². The first-order valence-electron chi connectivity index (χ1n) is 3.99. The smallest absolute Gasteiger partial charge is 0.252 e. The van der Waals surface area contributed by atoms with E-state index in [9.17, 15) is 4.79 Å². The van der Waals surface area contributed by atoms with Crippen LogP contribution in [0.1, 0.15) is 10.4 Å². The monoisotopic (exact) mass is 277 g/mol. The number of amides is 1. The molecule has 5 heteroatoms. The number of aliphatic hydroxyl groups is 1. The summed E-state index contributed by atoms with van der Waals surface area (Å²) in [5, 5.41) is 11.6. The van der Waals surface area contributed by atoms with Gasteiger partial charge < -0.3 is 10.4 Å². The molecular formula is C9H9BrClNO2. The van der Waals surface area contributed by atoms with E-state index in [2.05, 4.69) is 21.2 Å². The minimum Gasteiger partial charge on any atom is -0.395 e. The molecule has 1 amide bonds. The Balaban J connectivity index is 2.80. The third-order valence-electron chi connectivity index (χ3n) is 1.57. The molecule has 0 aliphatic carbocycles. The minimum absolute atomic E-state index is 0.0725. The second kappa shape index (κ2) is 5.34. The number of hydrogen-bond acceptors (Lipinski definition) is 2. The van der Waals surface area contributed by atoms with E-state index in [0.717, 1.165) is 0 Å². The van der Waals surface area contributed by atoms with Gasteiger partial charge in [-0.15, -0.1) is 0 Å². The van der Waals surface area contributed by atoms with E-state index >= 15 is 0 Å². The summed E-state index contributed by atoms with van der Waals surface area (Å²) in [6.07, 6.45) is 0. The summed E-state index contributed by atoms with van der Waals surface area (Å²) in [5.41, 5.74) is 0.503. The zero-order chi connectivity index (χ0) is 10.6. The second-order valence-corrected chi connectivity index (χ2v) is 3.89. The first-order valence-corrected chi connectivity index (χ1v) is 5.16. The lowest BCUT2D eigenvalue weighted by Gasteiger charge is -2.05. The van der Waals surface area contributed by atoms with Gasteiger partial charge in [0.2, 0.25) is 0 Å². The van der Waals surface area contributed by atoms with Gasteiger partial charge in [0.25, 0.3) is 5.91 Å². The van der Waals surface area contributed by atoms with Crippen molar-refractivity contribution >= 4 is 33.4 Å². The van der Waals surface area contributed by atoms with Gasteiger partial charge in [-0.05, 0) is 34.1 Å². The van der Waals surface area contributed by atoms with Crippen molar-refractivity contribution in [3.05, 3.63) is 33.3 Å². The highest BCUT2D eigenvalue weighted by Gasteiger charge is 2.08. The summed E-state index contributed by atoms with van der Waals surface area (Å²) in [6.45, 7) is 0.171. The van der Waals surface area contributed by atoms with Crippen molar-refractivity contribution in [1.82, 2.24) is 5.32 Å². The van der Waals surface area contributed by atoms with Crippen molar-refractivity contribution in [3.63, 3.8) is 0 Å². The van der Waals surface area contributed by atoms with Crippen molar-refractivity contribution in [2.24, 2.45) is 0 Å². The van der Waals surface area contributed by atoms with E-state index in [-0.39, 0.29) is 19.1 Å². The van der Waals surface area contributed by atoms with Gasteiger partial charge in [-0.25, -0.2) is 0 Å². The van der Waals surface area contributed by atoms with Gasteiger partial charge in [-0.3, -0.25) is 4.79 Å². The highest BCUT2D eigenvalue weighted by Crippen LogP contribution is 2.21. The molecule has 0 spiro atoms. The van der Waals surface area contributed by atoms with Crippen LogP contribution in [-0.4, -0.2) is 24.2 Å². The molecule has 0 atom stereocenters. The minimum atomic E-state index is -0.234. The van der Waals surface area contributed by atoms with Crippen LogP contribution in [0.15, 0.2) is 22.7 Å². The molecule has 0 aliphatic heterocycles. The Morgan fingerprint density at radius 1 is 1.57 bits per heavy atom. The highest BCUT2D eigenvalue weighted by atomic mass is 79.9. The van der Waals surface area contributed by atoms with Crippen LogP contribution in [0.25, 0.3) is 0 Å². The van der Waals surface area contributed by atoms with Gasteiger partial charge in [-0.1, -0.05) is 11.6 Å². The normalized spacial score (nSPS) is 9.93. The van der Waals surface area contributed by atoms with Crippen LogP contribution < -0.4 is 5.32 Å². The molecule has 14 heavy (non-hydrogen) atoms. The second-order valence-electron chi connectivity index (χ2n) is 2.60. The lowest BCUT2D eigenvalue weighted by Crippen LogP contribution is -2.26. The van der Waals surface area contributed by atoms with E-state index < -0.39 is 0 Å². The quantitative estimate of drug-likeness (QED) is 0.886. The fourth-order valence-electron chi connectivity index (χ4n) is 0.938. The molecule has 0 aliphatic rings. The Bertz CT molecular complexity index is 344. The average Bonchev–Trinajstić information content (AvgIpc) is 2.14. The maximum absolute atomic E-state index is 11.4. The molecule has 2 N–H and O–H groups in total. The van der Waals surface area contributed by atoms with E-state index in [1.165, 1.54) is 0 Å². The molecule has 1 aromatic rings. The number of carbonyl (C=O) groups excluding carboxylic acids is 1. The van der Waals surface area contributed by atoms with Crippen LogP contribution in [0.3, 0.4) is 0 Å². The molecule has 0 saturated carbocycles. The predicted molar refractivity (Wildman–Crippen MR) is 58.6 cm³/mol. The van der Waals surface area contributed by atoms with Crippen LogP contribution >= 0.6 is 27.5 Å². The molecule has 0 bridgehead atoms. The number of benzene rings is 1. The van der Waals surface area contributed by atoms with Crippen LogP contribution in [0, 0.1) is 0 Å². The van der Waals surface area contributed by atoms with Gasteiger partial charge in [0.1, 0.15) is 0 Å². The first kappa shape index (κ1) is 11.5. The van der Waals surface area contributed by atoms with Gasteiger partial charge in [0.05, 0.1) is 12.2 Å². The Kier molecular flexibility index (Phi) is 4.38. The third-order valence-corrected chi connectivity index (χ3v) is 2.46. The summed E-state index contributed by atoms with van der Waals surface area (Å²) in [6, 6.07) is 4.91. The van der Waals surface area contributed by atoms with Crippen molar-refractivity contribution < 1.29 is 9.90 Å².